The molecule has 13 heavy (non-hydrogen) atoms. The van der Waals surface area contributed by atoms with Gasteiger partial charge in [-0.15, -0.1) is 0 Å². The highest BCUT2D eigenvalue weighted by Gasteiger charge is 2.08. The number of likely N-dealkylation sites (N-methyl/N-ethyl adjacent to an activating group) is 1. The number of aromatic nitrogens is 2. The average molecular weight is 201 g/mol. The maximum Gasteiger partial charge on any atom is 0.236 e. The van der Waals surface area contributed by atoms with Crippen molar-refractivity contribution >= 4 is 11.8 Å². The van der Waals surface area contributed by atoms with Crippen LogP contribution in [0.4, 0.5) is 0 Å². The first kappa shape index (κ1) is 10.5. The van der Waals surface area contributed by atoms with Gasteiger partial charge < -0.3 is 9.84 Å². The molecule has 1 atom stereocenters. The van der Waals surface area contributed by atoms with Gasteiger partial charge in [0, 0.05) is 12.5 Å². The number of hydrogen-bond acceptors (Lipinski definition) is 5. The second-order valence-electron chi connectivity index (χ2n) is 2.93. The summed E-state index contributed by atoms with van der Waals surface area (Å²) in [5.74, 6) is 2.29. The van der Waals surface area contributed by atoms with Crippen LogP contribution in [-0.4, -0.2) is 29.5 Å². The van der Waals surface area contributed by atoms with Crippen molar-refractivity contribution in [1.29, 1.82) is 0 Å². The van der Waals surface area contributed by atoms with Crippen molar-refractivity contribution in [3.05, 3.63) is 11.7 Å². The van der Waals surface area contributed by atoms with Crippen LogP contribution in [0.2, 0.25) is 0 Å². The molecular weight excluding hydrogens is 186 g/mol. The van der Waals surface area contributed by atoms with Crippen molar-refractivity contribution in [2.45, 2.75) is 25.1 Å². The molecule has 0 saturated carbocycles. The Kier molecular flexibility index (Phi) is 4.24. The molecule has 1 aromatic heterocycles. The minimum atomic E-state index is 0.389. The summed E-state index contributed by atoms with van der Waals surface area (Å²) >= 11 is 1.68. The molecule has 0 radical (unpaired) electrons. The van der Waals surface area contributed by atoms with Crippen LogP contribution in [0.1, 0.15) is 18.6 Å². The summed E-state index contributed by atoms with van der Waals surface area (Å²) in [6.07, 6.45) is 2.83. The van der Waals surface area contributed by atoms with Crippen LogP contribution in [0.15, 0.2) is 4.52 Å². The molecule has 4 nitrogen and oxygen atoms in total. The minimum Gasteiger partial charge on any atom is -0.338 e. The SMILES string of the molecule is CNC(C)Cc1noc(CSC)n1. The Labute approximate surface area is 82.5 Å². The van der Waals surface area contributed by atoms with Crippen LogP contribution in [-0.2, 0) is 12.2 Å². The van der Waals surface area contributed by atoms with Crippen LogP contribution in [0.25, 0.3) is 0 Å². The smallest absolute Gasteiger partial charge is 0.236 e. The summed E-state index contributed by atoms with van der Waals surface area (Å²) in [7, 11) is 1.92. The molecule has 5 heteroatoms. The lowest BCUT2D eigenvalue weighted by Crippen LogP contribution is -2.24. The van der Waals surface area contributed by atoms with E-state index >= 15 is 0 Å². The number of thioether (sulfide) groups is 1. The van der Waals surface area contributed by atoms with E-state index in [-0.39, 0.29) is 0 Å². The molecule has 0 aromatic carbocycles. The van der Waals surface area contributed by atoms with Crippen molar-refractivity contribution in [1.82, 2.24) is 15.5 Å². The quantitative estimate of drug-likeness (QED) is 0.772. The monoisotopic (exact) mass is 201 g/mol. The molecule has 1 rings (SSSR count). The maximum absolute atomic E-state index is 5.04. The van der Waals surface area contributed by atoms with E-state index in [0.29, 0.717) is 11.9 Å². The zero-order chi connectivity index (χ0) is 9.68. The molecule has 1 aromatic rings. The lowest BCUT2D eigenvalue weighted by atomic mass is 10.2. The Morgan fingerprint density at radius 1 is 1.62 bits per heavy atom. The average Bonchev–Trinajstić information content (AvgIpc) is 2.53. The molecule has 0 aliphatic heterocycles. The Balaban J connectivity index is 2.48. The largest absolute Gasteiger partial charge is 0.338 e. The number of hydrogen-bond donors (Lipinski definition) is 1. The number of nitrogens with one attached hydrogen (secondary N) is 1. The maximum atomic E-state index is 5.04. The zero-order valence-corrected chi connectivity index (χ0v) is 9.02. The second kappa shape index (κ2) is 5.24. The number of rotatable bonds is 5. The highest BCUT2D eigenvalue weighted by Crippen LogP contribution is 2.07. The minimum absolute atomic E-state index is 0.389. The topological polar surface area (TPSA) is 51.0 Å². The summed E-state index contributed by atoms with van der Waals surface area (Å²) in [6.45, 7) is 2.09. The highest BCUT2D eigenvalue weighted by atomic mass is 32.2. The van der Waals surface area contributed by atoms with Gasteiger partial charge in [0.05, 0.1) is 5.75 Å². The van der Waals surface area contributed by atoms with Gasteiger partial charge in [-0.2, -0.15) is 16.7 Å². The normalized spacial score (nSPS) is 13.2. The van der Waals surface area contributed by atoms with Gasteiger partial charge in [-0.25, -0.2) is 0 Å². The third-order valence-corrected chi connectivity index (χ3v) is 2.30. The molecule has 0 bridgehead atoms. The summed E-state index contributed by atoms with van der Waals surface area (Å²) in [5, 5.41) is 7.01. The number of nitrogens with zero attached hydrogens (tertiary/aromatic N) is 2. The van der Waals surface area contributed by atoms with Gasteiger partial charge in [0.15, 0.2) is 5.82 Å². The van der Waals surface area contributed by atoms with Crippen molar-refractivity contribution in [3.8, 4) is 0 Å². The van der Waals surface area contributed by atoms with Gasteiger partial charge >= 0.3 is 0 Å². The van der Waals surface area contributed by atoms with Gasteiger partial charge in [0.1, 0.15) is 0 Å². The van der Waals surface area contributed by atoms with E-state index in [1.165, 1.54) is 0 Å². The van der Waals surface area contributed by atoms with Crippen molar-refractivity contribution in [3.63, 3.8) is 0 Å². The van der Waals surface area contributed by atoms with Crippen molar-refractivity contribution in [2.24, 2.45) is 0 Å². The lowest BCUT2D eigenvalue weighted by Gasteiger charge is -2.04. The Bertz CT molecular complexity index is 251. The predicted molar refractivity (Wildman–Crippen MR) is 53.7 cm³/mol. The van der Waals surface area contributed by atoms with Gasteiger partial charge in [0.2, 0.25) is 5.89 Å². The summed E-state index contributed by atoms with van der Waals surface area (Å²) < 4.78 is 5.04. The van der Waals surface area contributed by atoms with Gasteiger partial charge in [-0.3, -0.25) is 0 Å². The Morgan fingerprint density at radius 2 is 2.38 bits per heavy atom. The Morgan fingerprint density at radius 3 is 3.00 bits per heavy atom. The highest BCUT2D eigenvalue weighted by molar-refractivity contribution is 7.97. The summed E-state index contributed by atoms with van der Waals surface area (Å²) in [6, 6.07) is 0.389. The first-order chi connectivity index (χ1) is 6.26. The van der Waals surface area contributed by atoms with E-state index in [9.17, 15) is 0 Å². The second-order valence-corrected chi connectivity index (χ2v) is 3.80. The molecule has 0 spiro atoms. The summed E-state index contributed by atoms with van der Waals surface area (Å²) in [5.41, 5.74) is 0. The fourth-order valence-electron chi connectivity index (χ4n) is 0.931. The molecule has 0 amide bonds. The lowest BCUT2D eigenvalue weighted by molar-refractivity contribution is 0.382. The van der Waals surface area contributed by atoms with E-state index in [1.807, 2.05) is 13.3 Å². The molecule has 1 unspecified atom stereocenters. The zero-order valence-electron chi connectivity index (χ0n) is 8.20. The fraction of sp³-hybridized carbons (Fsp3) is 0.750. The molecular formula is C8H15N3OS. The van der Waals surface area contributed by atoms with E-state index < -0.39 is 0 Å². The van der Waals surface area contributed by atoms with Crippen molar-refractivity contribution < 1.29 is 4.52 Å². The van der Waals surface area contributed by atoms with Crippen LogP contribution in [0.5, 0.6) is 0 Å². The van der Waals surface area contributed by atoms with E-state index in [1.54, 1.807) is 11.8 Å². The molecule has 0 saturated heterocycles. The standard InChI is InChI=1S/C8H15N3OS/c1-6(9-2)4-7-10-8(5-13-3)12-11-7/h6,9H,4-5H2,1-3H3. The Hall–Kier alpha value is -0.550. The van der Waals surface area contributed by atoms with E-state index in [0.717, 1.165) is 18.0 Å². The third-order valence-electron chi connectivity index (χ3n) is 1.76. The third kappa shape index (κ3) is 3.36. The predicted octanol–water partition coefficient (Wildman–Crippen LogP) is 1.08. The molecule has 74 valence electrons. The van der Waals surface area contributed by atoms with Gasteiger partial charge in [-0.05, 0) is 20.2 Å². The van der Waals surface area contributed by atoms with Crippen LogP contribution in [0, 0.1) is 0 Å². The van der Waals surface area contributed by atoms with Crippen LogP contribution < -0.4 is 5.32 Å². The van der Waals surface area contributed by atoms with E-state index in [4.69, 9.17) is 4.52 Å². The summed E-state index contributed by atoms with van der Waals surface area (Å²) in [4.78, 5) is 4.25. The van der Waals surface area contributed by atoms with Crippen molar-refractivity contribution in [2.75, 3.05) is 13.3 Å². The van der Waals surface area contributed by atoms with Crippen LogP contribution >= 0.6 is 11.8 Å². The van der Waals surface area contributed by atoms with Gasteiger partial charge in [-0.1, -0.05) is 5.16 Å². The van der Waals surface area contributed by atoms with Crippen LogP contribution in [0.3, 0.4) is 0 Å². The molecule has 0 aliphatic rings. The molecule has 0 aliphatic carbocycles. The molecule has 1 heterocycles. The first-order valence-corrected chi connectivity index (χ1v) is 5.63. The first-order valence-electron chi connectivity index (χ1n) is 4.24. The molecule has 1 N–H and O–H groups in total. The van der Waals surface area contributed by atoms with E-state index in [2.05, 4.69) is 22.4 Å². The molecule has 0 fully saturated rings. The van der Waals surface area contributed by atoms with Gasteiger partial charge in [0.25, 0.3) is 0 Å². The fourth-order valence-corrected chi connectivity index (χ4v) is 1.30.